The lowest BCUT2D eigenvalue weighted by Crippen LogP contribution is -2.30. The lowest BCUT2D eigenvalue weighted by Gasteiger charge is -2.26. The highest BCUT2D eigenvalue weighted by atomic mass is 35.5. The fourth-order valence-corrected chi connectivity index (χ4v) is 4.10. The van der Waals surface area contributed by atoms with E-state index >= 15 is 0 Å². The summed E-state index contributed by atoms with van der Waals surface area (Å²) in [4.78, 5) is 28.4. The molecule has 1 atom stereocenters. The highest BCUT2D eigenvalue weighted by Gasteiger charge is 2.32. The second-order valence-corrected chi connectivity index (χ2v) is 8.29. The van der Waals surface area contributed by atoms with Crippen molar-refractivity contribution < 1.29 is 19.8 Å². The molecule has 0 radical (unpaired) electrons. The molecule has 31 heavy (non-hydrogen) atoms. The van der Waals surface area contributed by atoms with Crippen LogP contribution in [0.5, 0.6) is 11.5 Å². The quantitative estimate of drug-likeness (QED) is 0.608. The summed E-state index contributed by atoms with van der Waals surface area (Å²) in [6.07, 6.45) is 2.13. The van der Waals surface area contributed by atoms with Crippen molar-refractivity contribution in [3.05, 3.63) is 58.1 Å². The number of likely N-dealkylation sites (tertiary alicyclic amines) is 1. The van der Waals surface area contributed by atoms with E-state index in [1.807, 2.05) is 25.2 Å². The van der Waals surface area contributed by atoms with Crippen molar-refractivity contribution in [2.75, 3.05) is 27.2 Å². The minimum Gasteiger partial charge on any atom is -0.507 e. The van der Waals surface area contributed by atoms with Crippen molar-refractivity contribution in [3.63, 3.8) is 0 Å². The van der Waals surface area contributed by atoms with E-state index in [2.05, 4.69) is 16.3 Å². The molecule has 3 N–H and O–H groups in total. The van der Waals surface area contributed by atoms with Crippen molar-refractivity contribution >= 4 is 23.4 Å². The number of nitrogens with one attached hydrogen (secondary N) is 1. The zero-order valence-corrected chi connectivity index (χ0v) is 18.5. The molecule has 7 nitrogen and oxygen atoms in total. The molecule has 0 bridgehead atoms. The fourth-order valence-electron chi connectivity index (χ4n) is 3.94. The summed E-state index contributed by atoms with van der Waals surface area (Å²) in [6.45, 7) is 1.93. The van der Waals surface area contributed by atoms with Crippen molar-refractivity contribution in [2.24, 2.45) is 0 Å². The van der Waals surface area contributed by atoms with Gasteiger partial charge in [-0.3, -0.25) is 9.59 Å². The smallest absolute Gasteiger partial charge is 0.258 e. The summed E-state index contributed by atoms with van der Waals surface area (Å²) in [5.74, 6) is -0.848. The van der Waals surface area contributed by atoms with Crippen LogP contribution in [-0.4, -0.2) is 59.0 Å². The molecule has 1 aliphatic rings. The van der Waals surface area contributed by atoms with Crippen LogP contribution >= 0.6 is 11.6 Å². The molecule has 2 aromatic carbocycles. The Hall–Kier alpha value is -2.77. The molecule has 1 saturated heterocycles. The molecule has 8 heteroatoms. The summed E-state index contributed by atoms with van der Waals surface area (Å²) in [5, 5.41) is 22.5. The maximum Gasteiger partial charge on any atom is 0.258 e. The minimum atomic E-state index is -0.310. The van der Waals surface area contributed by atoms with Crippen LogP contribution in [0.2, 0.25) is 5.02 Å². The van der Waals surface area contributed by atoms with Gasteiger partial charge in [0.05, 0.1) is 16.6 Å². The number of aromatic hydroxyl groups is 2. The zero-order valence-electron chi connectivity index (χ0n) is 17.8. The predicted molar refractivity (Wildman–Crippen MR) is 119 cm³/mol. The molecule has 0 saturated carbocycles. The molecule has 2 amide bonds. The first-order valence-corrected chi connectivity index (χ1v) is 10.7. The highest BCUT2D eigenvalue weighted by Crippen LogP contribution is 2.37. The van der Waals surface area contributed by atoms with Gasteiger partial charge in [-0.15, -0.1) is 0 Å². The van der Waals surface area contributed by atoms with Crippen LogP contribution in [0, 0.1) is 0 Å². The van der Waals surface area contributed by atoms with Gasteiger partial charge in [-0.2, -0.15) is 0 Å². The first-order valence-electron chi connectivity index (χ1n) is 10.3. The number of rotatable bonds is 7. The Kier molecular flexibility index (Phi) is 7.41. The number of halogens is 1. The van der Waals surface area contributed by atoms with E-state index < -0.39 is 0 Å². The van der Waals surface area contributed by atoms with Crippen LogP contribution in [-0.2, 0) is 11.3 Å². The van der Waals surface area contributed by atoms with Gasteiger partial charge in [0, 0.05) is 39.2 Å². The largest absolute Gasteiger partial charge is 0.507 e. The van der Waals surface area contributed by atoms with E-state index in [0.29, 0.717) is 26.1 Å². The Morgan fingerprint density at radius 2 is 2.00 bits per heavy atom. The summed E-state index contributed by atoms with van der Waals surface area (Å²) in [6, 6.07) is 10.4. The second kappa shape index (κ2) is 10.0. The monoisotopic (exact) mass is 445 g/mol. The van der Waals surface area contributed by atoms with Crippen LogP contribution in [0.1, 0.15) is 46.8 Å². The van der Waals surface area contributed by atoms with Gasteiger partial charge >= 0.3 is 0 Å². The van der Waals surface area contributed by atoms with Crippen molar-refractivity contribution in [1.82, 2.24) is 15.1 Å². The fraction of sp³-hybridized carbons (Fsp3) is 0.391. The normalized spacial score (nSPS) is 16.0. The number of carbonyl (C=O) groups excluding carboxylic acids is 2. The Labute approximate surface area is 187 Å². The van der Waals surface area contributed by atoms with Crippen molar-refractivity contribution in [1.29, 1.82) is 0 Å². The predicted octanol–water partition coefficient (Wildman–Crippen LogP) is 3.30. The van der Waals surface area contributed by atoms with Gasteiger partial charge in [-0.25, -0.2) is 0 Å². The van der Waals surface area contributed by atoms with Gasteiger partial charge in [0.15, 0.2) is 0 Å². The van der Waals surface area contributed by atoms with Gasteiger partial charge in [0.1, 0.15) is 11.5 Å². The first kappa shape index (κ1) is 22.9. The third-order valence-electron chi connectivity index (χ3n) is 5.60. The molecule has 1 unspecified atom stereocenters. The SMILES string of the molecule is CNC(=O)CCN(C)Cc1cccc(C2CCCN2C(=O)c2cc(Cl)c(O)cc2O)c1. The van der Waals surface area contributed by atoms with E-state index in [1.54, 1.807) is 11.9 Å². The number of benzene rings is 2. The van der Waals surface area contributed by atoms with E-state index in [0.717, 1.165) is 30.0 Å². The molecule has 1 aliphatic heterocycles. The van der Waals surface area contributed by atoms with Crippen LogP contribution in [0.25, 0.3) is 0 Å². The van der Waals surface area contributed by atoms with E-state index in [4.69, 9.17) is 11.6 Å². The van der Waals surface area contributed by atoms with Gasteiger partial charge in [-0.1, -0.05) is 35.9 Å². The molecule has 2 aromatic rings. The maximum atomic E-state index is 13.1. The van der Waals surface area contributed by atoms with Crippen LogP contribution in [0.15, 0.2) is 36.4 Å². The molecule has 1 heterocycles. The third-order valence-corrected chi connectivity index (χ3v) is 5.90. The Bertz CT molecular complexity index is 966. The molecule has 0 aliphatic carbocycles. The van der Waals surface area contributed by atoms with E-state index in [9.17, 15) is 19.8 Å². The molecule has 166 valence electrons. The standard InChI is InChI=1S/C23H28ClN3O4/c1-25-22(30)8-10-26(2)14-15-5-3-6-16(11-15)19-7-4-9-27(19)23(31)17-12-18(24)21(29)13-20(17)28/h3,5-6,11-13,19,28-29H,4,7-10,14H2,1-2H3,(H,25,30). The molecule has 3 rings (SSSR count). The number of nitrogens with zero attached hydrogens (tertiary/aromatic N) is 2. The number of phenolic OH excluding ortho intramolecular Hbond substituents is 2. The van der Waals surface area contributed by atoms with Gasteiger partial charge in [0.2, 0.25) is 5.91 Å². The van der Waals surface area contributed by atoms with E-state index in [1.165, 1.54) is 6.07 Å². The molecule has 0 aromatic heterocycles. The number of hydrogen-bond acceptors (Lipinski definition) is 5. The number of amides is 2. The van der Waals surface area contributed by atoms with Gasteiger partial charge in [-0.05, 0) is 37.1 Å². The van der Waals surface area contributed by atoms with Crippen molar-refractivity contribution in [2.45, 2.75) is 31.8 Å². The summed E-state index contributed by atoms with van der Waals surface area (Å²) < 4.78 is 0. The summed E-state index contributed by atoms with van der Waals surface area (Å²) >= 11 is 5.95. The Morgan fingerprint density at radius 3 is 2.74 bits per heavy atom. The number of carbonyl (C=O) groups is 2. The van der Waals surface area contributed by atoms with Crippen LogP contribution in [0.4, 0.5) is 0 Å². The molecular formula is C23H28ClN3O4. The first-order chi connectivity index (χ1) is 14.8. The second-order valence-electron chi connectivity index (χ2n) is 7.88. The summed E-state index contributed by atoms with van der Waals surface area (Å²) in [7, 11) is 3.60. The summed E-state index contributed by atoms with van der Waals surface area (Å²) in [5.41, 5.74) is 2.22. The lowest BCUT2D eigenvalue weighted by molar-refractivity contribution is -0.120. The minimum absolute atomic E-state index is 0.0123. The average molecular weight is 446 g/mol. The topological polar surface area (TPSA) is 93.1 Å². The molecular weight excluding hydrogens is 418 g/mol. The lowest BCUT2D eigenvalue weighted by atomic mass is 10.0. The highest BCUT2D eigenvalue weighted by molar-refractivity contribution is 6.32. The molecule has 1 fully saturated rings. The Morgan fingerprint density at radius 1 is 1.23 bits per heavy atom. The van der Waals surface area contributed by atoms with E-state index in [-0.39, 0.29) is 39.9 Å². The maximum absolute atomic E-state index is 13.1. The Balaban J connectivity index is 1.75. The number of hydrogen-bond donors (Lipinski definition) is 3. The average Bonchev–Trinajstić information content (AvgIpc) is 3.24. The third kappa shape index (κ3) is 5.48. The number of phenols is 2. The van der Waals surface area contributed by atoms with Crippen LogP contribution < -0.4 is 5.32 Å². The van der Waals surface area contributed by atoms with Crippen molar-refractivity contribution in [3.8, 4) is 11.5 Å². The van der Waals surface area contributed by atoms with Gasteiger partial charge in [0.25, 0.3) is 5.91 Å². The van der Waals surface area contributed by atoms with Crippen LogP contribution in [0.3, 0.4) is 0 Å². The molecule has 0 spiro atoms. The zero-order chi connectivity index (χ0) is 22.5. The van der Waals surface area contributed by atoms with Gasteiger partial charge < -0.3 is 25.3 Å².